The second-order valence-corrected chi connectivity index (χ2v) is 5.62. The van der Waals surface area contributed by atoms with Gasteiger partial charge in [-0.1, -0.05) is 18.5 Å². The van der Waals surface area contributed by atoms with Gasteiger partial charge in [0, 0.05) is 18.2 Å². The zero-order valence-corrected chi connectivity index (χ0v) is 11.6. The number of likely N-dealkylation sites (tertiary alicyclic amines) is 1. The van der Waals surface area contributed by atoms with Crippen molar-refractivity contribution in [1.82, 2.24) is 4.90 Å². The van der Waals surface area contributed by atoms with Crippen molar-refractivity contribution in [2.75, 3.05) is 12.3 Å². The van der Waals surface area contributed by atoms with Crippen LogP contribution < -0.4 is 5.73 Å². The third-order valence-corrected chi connectivity index (χ3v) is 3.97. The lowest BCUT2D eigenvalue weighted by Gasteiger charge is -2.36. The molecule has 0 saturated carbocycles. The van der Waals surface area contributed by atoms with Crippen LogP contribution in [0, 0.1) is 5.92 Å². The quantitative estimate of drug-likeness (QED) is 0.794. The molecule has 0 aromatic heterocycles. The van der Waals surface area contributed by atoms with Gasteiger partial charge in [0.1, 0.15) is 0 Å². The van der Waals surface area contributed by atoms with Gasteiger partial charge in [-0.2, -0.15) is 0 Å². The Labute approximate surface area is 113 Å². The molecule has 1 aromatic carbocycles. The summed E-state index contributed by atoms with van der Waals surface area (Å²) in [4.78, 5) is 14.3. The Bertz CT molecular complexity index is 461. The van der Waals surface area contributed by atoms with Crippen LogP contribution in [0.2, 0.25) is 5.02 Å². The van der Waals surface area contributed by atoms with Gasteiger partial charge in [0.15, 0.2) is 0 Å². The van der Waals surface area contributed by atoms with E-state index >= 15 is 0 Å². The van der Waals surface area contributed by atoms with Gasteiger partial charge in [0.25, 0.3) is 5.91 Å². The molecule has 1 saturated heterocycles. The number of carbonyl (C=O) groups excluding carboxylic acids is 1. The molecule has 2 unspecified atom stereocenters. The van der Waals surface area contributed by atoms with Crippen LogP contribution in [0.4, 0.5) is 5.69 Å². The molecule has 1 heterocycles. The minimum absolute atomic E-state index is 0.0521. The SMILES string of the molecule is CC1CCN(C(=O)c2ccc(N)c(Cl)c2)C(C)C1. The third-order valence-electron chi connectivity index (χ3n) is 3.65. The van der Waals surface area contributed by atoms with Gasteiger partial charge in [0.05, 0.1) is 10.7 Å². The molecule has 1 fully saturated rings. The number of nitrogens with two attached hydrogens (primary N) is 1. The molecule has 2 atom stereocenters. The predicted molar refractivity (Wildman–Crippen MR) is 74.8 cm³/mol. The standard InChI is InChI=1S/C14H19ClN2O/c1-9-5-6-17(10(2)7-9)14(18)11-3-4-13(16)12(15)8-11/h3-4,8-10H,5-7,16H2,1-2H3. The lowest BCUT2D eigenvalue weighted by atomic mass is 9.93. The highest BCUT2D eigenvalue weighted by atomic mass is 35.5. The van der Waals surface area contributed by atoms with Crippen molar-refractivity contribution in [3.05, 3.63) is 28.8 Å². The molecule has 0 bridgehead atoms. The lowest BCUT2D eigenvalue weighted by molar-refractivity contribution is 0.0588. The fourth-order valence-corrected chi connectivity index (χ4v) is 2.72. The number of hydrogen-bond donors (Lipinski definition) is 1. The van der Waals surface area contributed by atoms with Gasteiger partial charge in [-0.15, -0.1) is 0 Å². The van der Waals surface area contributed by atoms with Crippen molar-refractivity contribution < 1.29 is 4.79 Å². The average Bonchev–Trinajstić information content (AvgIpc) is 2.32. The molecule has 1 amide bonds. The average molecular weight is 267 g/mol. The number of halogens is 1. The van der Waals surface area contributed by atoms with Crippen molar-refractivity contribution in [3.8, 4) is 0 Å². The van der Waals surface area contributed by atoms with Gasteiger partial charge in [0.2, 0.25) is 0 Å². The molecule has 2 N–H and O–H groups in total. The summed E-state index contributed by atoms with van der Waals surface area (Å²) >= 11 is 5.96. The molecule has 0 radical (unpaired) electrons. The Balaban J connectivity index is 2.18. The topological polar surface area (TPSA) is 46.3 Å². The van der Waals surface area contributed by atoms with Crippen molar-refractivity contribution in [2.45, 2.75) is 32.7 Å². The zero-order valence-electron chi connectivity index (χ0n) is 10.8. The van der Waals surface area contributed by atoms with E-state index in [1.54, 1.807) is 18.2 Å². The van der Waals surface area contributed by atoms with Crippen molar-refractivity contribution in [2.24, 2.45) is 5.92 Å². The number of nitrogens with zero attached hydrogens (tertiary/aromatic N) is 1. The van der Waals surface area contributed by atoms with Crippen LogP contribution in [0.25, 0.3) is 0 Å². The number of benzene rings is 1. The largest absolute Gasteiger partial charge is 0.398 e. The van der Waals surface area contributed by atoms with E-state index in [1.807, 2.05) is 4.90 Å². The van der Waals surface area contributed by atoms with Crippen LogP contribution in [0.5, 0.6) is 0 Å². The van der Waals surface area contributed by atoms with Crippen molar-refractivity contribution in [3.63, 3.8) is 0 Å². The number of amides is 1. The number of anilines is 1. The maximum atomic E-state index is 12.4. The Hall–Kier alpha value is -1.22. The molecule has 4 heteroatoms. The van der Waals surface area contributed by atoms with E-state index in [0.717, 1.165) is 19.4 Å². The Morgan fingerprint density at radius 1 is 1.44 bits per heavy atom. The summed E-state index contributed by atoms with van der Waals surface area (Å²) in [5.74, 6) is 0.746. The first kappa shape index (κ1) is 13.2. The van der Waals surface area contributed by atoms with Crippen LogP contribution in [-0.4, -0.2) is 23.4 Å². The Morgan fingerprint density at radius 3 is 2.78 bits per heavy atom. The summed E-state index contributed by atoms with van der Waals surface area (Å²) in [5.41, 5.74) is 6.78. The van der Waals surface area contributed by atoms with Crippen LogP contribution in [0.1, 0.15) is 37.0 Å². The zero-order chi connectivity index (χ0) is 13.3. The molecule has 1 aliphatic rings. The molecule has 18 heavy (non-hydrogen) atoms. The maximum absolute atomic E-state index is 12.4. The summed E-state index contributed by atoms with van der Waals surface area (Å²) in [7, 11) is 0. The highest BCUT2D eigenvalue weighted by Crippen LogP contribution is 2.26. The summed E-state index contributed by atoms with van der Waals surface area (Å²) in [6, 6.07) is 5.38. The summed E-state index contributed by atoms with van der Waals surface area (Å²) < 4.78 is 0. The first-order valence-electron chi connectivity index (χ1n) is 6.35. The number of carbonyl (C=O) groups is 1. The van der Waals surface area contributed by atoms with Gasteiger partial charge >= 0.3 is 0 Å². The van der Waals surface area contributed by atoms with Gasteiger partial charge in [-0.3, -0.25) is 4.79 Å². The predicted octanol–water partition coefficient (Wildman–Crippen LogP) is 3.18. The van der Waals surface area contributed by atoms with Crippen LogP contribution in [-0.2, 0) is 0 Å². The fraction of sp³-hybridized carbons (Fsp3) is 0.500. The molecule has 3 nitrogen and oxygen atoms in total. The van der Waals surface area contributed by atoms with Crippen molar-refractivity contribution in [1.29, 1.82) is 0 Å². The molecule has 1 aromatic rings. The molecular weight excluding hydrogens is 248 g/mol. The van der Waals surface area contributed by atoms with E-state index < -0.39 is 0 Å². The fourth-order valence-electron chi connectivity index (χ4n) is 2.53. The summed E-state index contributed by atoms with van der Waals surface area (Å²) in [6.07, 6.45) is 2.13. The lowest BCUT2D eigenvalue weighted by Crippen LogP contribution is -2.44. The van der Waals surface area contributed by atoms with Crippen LogP contribution in [0.3, 0.4) is 0 Å². The summed E-state index contributed by atoms with van der Waals surface area (Å²) in [6.45, 7) is 5.16. The third kappa shape index (κ3) is 2.61. The number of rotatable bonds is 1. The van der Waals surface area contributed by atoms with Crippen molar-refractivity contribution >= 4 is 23.2 Å². The second-order valence-electron chi connectivity index (χ2n) is 5.21. The maximum Gasteiger partial charge on any atom is 0.254 e. The number of nitrogen functional groups attached to an aromatic ring is 1. The molecule has 2 rings (SSSR count). The molecule has 0 aliphatic carbocycles. The summed E-state index contributed by atoms with van der Waals surface area (Å²) in [5, 5.41) is 0.443. The minimum Gasteiger partial charge on any atom is -0.398 e. The van der Waals surface area contributed by atoms with E-state index in [9.17, 15) is 4.79 Å². The van der Waals surface area contributed by atoms with Crippen LogP contribution in [0.15, 0.2) is 18.2 Å². The smallest absolute Gasteiger partial charge is 0.254 e. The minimum atomic E-state index is 0.0521. The van der Waals surface area contributed by atoms with E-state index in [-0.39, 0.29) is 11.9 Å². The van der Waals surface area contributed by atoms with Gasteiger partial charge in [-0.05, 0) is 43.9 Å². The Kier molecular flexibility index (Phi) is 3.81. The van der Waals surface area contributed by atoms with E-state index in [1.165, 1.54) is 0 Å². The molecule has 0 spiro atoms. The van der Waals surface area contributed by atoms with E-state index in [2.05, 4.69) is 13.8 Å². The number of piperidine rings is 1. The van der Waals surface area contributed by atoms with E-state index in [0.29, 0.717) is 22.2 Å². The first-order valence-corrected chi connectivity index (χ1v) is 6.73. The second kappa shape index (κ2) is 5.19. The normalized spacial score (nSPS) is 24.1. The monoisotopic (exact) mass is 266 g/mol. The molecule has 1 aliphatic heterocycles. The van der Waals surface area contributed by atoms with E-state index in [4.69, 9.17) is 17.3 Å². The van der Waals surface area contributed by atoms with Gasteiger partial charge < -0.3 is 10.6 Å². The number of hydrogen-bond acceptors (Lipinski definition) is 2. The van der Waals surface area contributed by atoms with Gasteiger partial charge in [-0.25, -0.2) is 0 Å². The Morgan fingerprint density at radius 2 is 2.17 bits per heavy atom. The highest BCUT2D eigenvalue weighted by molar-refractivity contribution is 6.33. The van der Waals surface area contributed by atoms with Crippen LogP contribution >= 0.6 is 11.6 Å². The highest BCUT2D eigenvalue weighted by Gasteiger charge is 2.27. The molecular formula is C14H19ClN2O. The molecule has 98 valence electrons. The first-order chi connectivity index (χ1) is 8.49.